The van der Waals surface area contributed by atoms with Crippen LogP contribution in [0.5, 0.6) is 5.75 Å². The maximum absolute atomic E-state index is 12.5. The van der Waals surface area contributed by atoms with Crippen molar-refractivity contribution in [3.63, 3.8) is 0 Å². The molecule has 0 amide bonds. The summed E-state index contributed by atoms with van der Waals surface area (Å²) in [5.74, 6) is -0.501. The van der Waals surface area contributed by atoms with Crippen molar-refractivity contribution in [1.82, 2.24) is 0 Å². The van der Waals surface area contributed by atoms with Gasteiger partial charge in [-0.2, -0.15) is 0 Å². The monoisotopic (exact) mass is 208 g/mol. The molecule has 0 fully saturated rings. The molecule has 3 nitrogen and oxygen atoms in total. The molecule has 66 valence electrons. The lowest BCUT2D eigenvalue weighted by atomic mass is 10.3. The van der Waals surface area contributed by atoms with Gasteiger partial charge in [-0.3, -0.25) is 0 Å². The van der Waals surface area contributed by atoms with Crippen molar-refractivity contribution in [3.8, 4) is 5.75 Å². The summed E-state index contributed by atoms with van der Waals surface area (Å²) in [5, 5.41) is 0. The highest BCUT2D eigenvalue weighted by Gasteiger charge is 2.09. The van der Waals surface area contributed by atoms with Gasteiger partial charge in [0.25, 0.3) is 0 Å². The summed E-state index contributed by atoms with van der Waals surface area (Å²) in [4.78, 5) is 17.4. The summed E-state index contributed by atoms with van der Waals surface area (Å²) in [6.45, 7) is -3.74. The lowest BCUT2D eigenvalue weighted by molar-refractivity contribution is 0.370. The van der Waals surface area contributed by atoms with Crippen LogP contribution in [0.1, 0.15) is 0 Å². The minimum Gasteiger partial charge on any atom is -0.424 e. The summed E-state index contributed by atoms with van der Waals surface area (Å²) in [5.41, 5.74) is 0. The van der Waals surface area contributed by atoms with E-state index in [0.29, 0.717) is 0 Å². The molecule has 0 aliphatic heterocycles. The van der Waals surface area contributed by atoms with E-state index in [4.69, 9.17) is 9.79 Å². The molecule has 0 bridgehead atoms. The molecule has 0 aromatic heterocycles. The smallest absolute Gasteiger partial charge is 0.375 e. The molecule has 0 unspecified atom stereocenters. The van der Waals surface area contributed by atoms with Crippen LogP contribution in [-0.2, 0) is 11.8 Å². The van der Waals surface area contributed by atoms with E-state index in [1.807, 2.05) is 0 Å². The summed E-state index contributed by atoms with van der Waals surface area (Å²) < 4.78 is 17.0. The van der Waals surface area contributed by atoms with Crippen molar-refractivity contribution in [2.24, 2.45) is 0 Å². The van der Waals surface area contributed by atoms with Gasteiger partial charge in [0.2, 0.25) is 0 Å². The quantitative estimate of drug-likeness (QED) is 0.721. The number of hydrogen-bond acceptors (Lipinski definition) is 2. The summed E-state index contributed by atoms with van der Waals surface area (Å²) in [6.07, 6.45) is 0. The first kappa shape index (κ1) is 9.61. The Hall–Kier alpha value is -0.480. The molecule has 6 heteroatoms. The van der Waals surface area contributed by atoms with Crippen LogP contribution in [-0.4, -0.2) is 9.79 Å². The second-order valence-electron chi connectivity index (χ2n) is 2.04. The third-order valence-corrected chi connectivity index (χ3v) is 1.69. The number of hydrogen-bond donors (Lipinski definition) is 2. The fourth-order valence-corrected chi connectivity index (χ4v) is 1.31. The van der Waals surface area contributed by atoms with E-state index in [1.165, 1.54) is 18.2 Å². The molecule has 2 N–H and O–H groups in total. The highest BCUT2D eigenvalue weighted by Crippen LogP contribution is 2.37. The Kier molecular flexibility index (Phi) is 2.80. The van der Waals surface area contributed by atoms with Gasteiger partial charge in [0.05, 0.1) is 0 Å². The van der Waals surface area contributed by atoms with Crippen LogP contribution >= 0.6 is 6.72 Å². The van der Waals surface area contributed by atoms with Gasteiger partial charge < -0.3 is 14.3 Å². The van der Waals surface area contributed by atoms with Crippen molar-refractivity contribution in [1.29, 1.82) is 0 Å². The van der Waals surface area contributed by atoms with Gasteiger partial charge >= 0.3 is 6.72 Å². The SMILES string of the molecule is OP(O)(=S)Oc1cccc(F)c1. The maximum atomic E-state index is 12.5. The van der Waals surface area contributed by atoms with Crippen LogP contribution in [0.2, 0.25) is 0 Å². The fourth-order valence-electron chi connectivity index (χ4n) is 0.661. The zero-order chi connectivity index (χ0) is 9.19. The van der Waals surface area contributed by atoms with E-state index in [1.54, 1.807) is 0 Å². The predicted octanol–water partition coefficient (Wildman–Crippen LogP) is 1.41. The van der Waals surface area contributed by atoms with E-state index in [0.717, 1.165) is 6.07 Å². The molecule has 0 aliphatic rings. The van der Waals surface area contributed by atoms with Crippen molar-refractivity contribution in [2.75, 3.05) is 0 Å². The predicted molar refractivity (Wildman–Crippen MR) is 45.8 cm³/mol. The third kappa shape index (κ3) is 3.28. The van der Waals surface area contributed by atoms with Gasteiger partial charge in [-0.15, -0.1) is 0 Å². The first-order valence-corrected chi connectivity index (χ1v) is 5.61. The number of benzene rings is 1. The van der Waals surface area contributed by atoms with Gasteiger partial charge in [-0.1, -0.05) is 6.07 Å². The lowest BCUT2D eigenvalue weighted by Gasteiger charge is -2.08. The highest BCUT2D eigenvalue weighted by molar-refractivity contribution is 8.06. The van der Waals surface area contributed by atoms with Crippen LogP contribution in [0.4, 0.5) is 4.39 Å². The topological polar surface area (TPSA) is 49.7 Å². The Balaban J connectivity index is 2.84. The average Bonchev–Trinajstić information content (AvgIpc) is 1.82. The van der Waals surface area contributed by atoms with Crippen molar-refractivity contribution in [2.45, 2.75) is 0 Å². The van der Waals surface area contributed by atoms with Gasteiger partial charge in [0, 0.05) is 17.9 Å². The van der Waals surface area contributed by atoms with Crippen LogP contribution in [0.15, 0.2) is 24.3 Å². The van der Waals surface area contributed by atoms with Crippen molar-refractivity contribution in [3.05, 3.63) is 30.1 Å². The second-order valence-corrected chi connectivity index (χ2v) is 4.63. The van der Waals surface area contributed by atoms with Crippen LogP contribution < -0.4 is 4.52 Å². The normalized spacial score (nSPS) is 11.2. The summed E-state index contributed by atoms with van der Waals surface area (Å²) in [7, 11) is 0. The largest absolute Gasteiger partial charge is 0.424 e. The molecule has 1 rings (SSSR count). The average molecular weight is 208 g/mol. The summed E-state index contributed by atoms with van der Waals surface area (Å²) in [6, 6.07) is 5.00. The standard InChI is InChI=1S/C6H6FO3PS/c7-5-2-1-3-6(4-5)10-11(8,9)12/h1-4H,(H2,8,9,12). The lowest BCUT2D eigenvalue weighted by Crippen LogP contribution is -1.89. The van der Waals surface area contributed by atoms with Gasteiger partial charge in [0.15, 0.2) is 0 Å². The molecule has 0 spiro atoms. The zero-order valence-electron chi connectivity index (χ0n) is 5.85. The van der Waals surface area contributed by atoms with E-state index >= 15 is 0 Å². The molecule has 0 saturated carbocycles. The van der Waals surface area contributed by atoms with E-state index in [-0.39, 0.29) is 5.75 Å². The molecule has 1 aromatic carbocycles. The second kappa shape index (κ2) is 3.49. The van der Waals surface area contributed by atoms with E-state index in [9.17, 15) is 4.39 Å². The van der Waals surface area contributed by atoms with Crippen molar-refractivity contribution >= 4 is 18.5 Å². The third-order valence-electron chi connectivity index (χ3n) is 1.02. The Morgan fingerprint density at radius 1 is 1.42 bits per heavy atom. The highest BCUT2D eigenvalue weighted by atomic mass is 32.5. The molecule has 0 aliphatic carbocycles. The van der Waals surface area contributed by atoms with Crippen LogP contribution in [0.25, 0.3) is 0 Å². The van der Waals surface area contributed by atoms with E-state index in [2.05, 4.69) is 16.3 Å². The Morgan fingerprint density at radius 3 is 2.58 bits per heavy atom. The van der Waals surface area contributed by atoms with Crippen molar-refractivity contribution < 1.29 is 18.7 Å². The summed E-state index contributed by atoms with van der Waals surface area (Å²) >= 11 is 4.19. The first-order valence-electron chi connectivity index (χ1n) is 2.98. The molecular weight excluding hydrogens is 202 g/mol. The van der Waals surface area contributed by atoms with Gasteiger partial charge in [-0.25, -0.2) is 4.39 Å². The van der Waals surface area contributed by atoms with Gasteiger partial charge in [-0.05, 0) is 12.1 Å². The zero-order valence-corrected chi connectivity index (χ0v) is 7.56. The van der Waals surface area contributed by atoms with Crippen LogP contribution in [0.3, 0.4) is 0 Å². The molecule has 0 atom stereocenters. The minimum atomic E-state index is -3.74. The van der Waals surface area contributed by atoms with Crippen LogP contribution in [0, 0.1) is 5.82 Å². The molecule has 0 saturated heterocycles. The van der Waals surface area contributed by atoms with E-state index < -0.39 is 12.5 Å². The fraction of sp³-hybridized carbons (Fsp3) is 0. The molecule has 12 heavy (non-hydrogen) atoms. The molecule has 0 radical (unpaired) electrons. The Bertz CT molecular complexity index is 324. The van der Waals surface area contributed by atoms with Gasteiger partial charge in [0.1, 0.15) is 11.6 Å². The number of halogens is 1. The molecule has 0 heterocycles. The molecular formula is C6H6FO3PS. The number of rotatable bonds is 2. The Labute approximate surface area is 73.7 Å². The maximum Gasteiger partial charge on any atom is 0.375 e. The Morgan fingerprint density at radius 2 is 2.08 bits per heavy atom. The molecule has 1 aromatic rings. The first-order chi connectivity index (χ1) is 5.47. The minimum absolute atomic E-state index is 0.0170.